The lowest BCUT2D eigenvalue weighted by atomic mass is 10.00. The van der Waals surface area contributed by atoms with E-state index in [1.807, 2.05) is 0 Å². The first-order chi connectivity index (χ1) is 9.45. The van der Waals surface area contributed by atoms with Gasteiger partial charge in [-0.05, 0) is 12.1 Å². The number of hydrogen-bond acceptors (Lipinski definition) is 2. The molecule has 1 unspecified atom stereocenters. The normalized spacial score (nSPS) is 12.3. The second-order valence-corrected chi connectivity index (χ2v) is 4.86. The van der Waals surface area contributed by atoms with E-state index in [2.05, 4.69) is 0 Å². The van der Waals surface area contributed by atoms with E-state index in [4.69, 9.17) is 27.9 Å². The third-order valence-corrected chi connectivity index (χ3v) is 3.49. The van der Waals surface area contributed by atoms with Gasteiger partial charge in [-0.15, -0.1) is 0 Å². The summed E-state index contributed by atoms with van der Waals surface area (Å²) in [6.07, 6.45) is -1.61. The number of aliphatic hydroxyl groups excluding tert-OH is 1. The van der Waals surface area contributed by atoms with Crippen LogP contribution in [0.25, 0.3) is 0 Å². The molecule has 0 heterocycles. The first-order valence-electron chi connectivity index (χ1n) is 5.60. The van der Waals surface area contributed by atoms with Gasteiger partial charge in [0.25, 0.3) is 0 Å². The SMILES string of the molecule is COc1cc(F)c(C(O)c2c(Cl)cccc2Cl)c(F)c1. The molecule has 2 aromatic rings. The summed E-state index contributed by atoms with van der Waals surface area (Å²) in [6, 6.07) is 6.48. The molecule has 0 amide bonds. The molecule has 0 fully saturated rings. The molecule has 1 N–H and O–H groups in total. The smallest absolute Gasteiger partial charge is 0.135 e. The quantitative estimate of drug-likeness (QED) is 0.911. The topological polar surface area (TPSA) is 29.5 Å². The van der Waals surface area contributed by atoms with E-state index in [1.54, 1.807) is 6.07 Å². The monoisotopic (exact) mass is 318 g/mol. The van der Waals surface area contributed by atoms with E-state index >= 15 is 0 Å². The van der Waals surface area contributed by atoms with Crippen LogP contribution in [0.5, 0.6) is 5.75 Å². The molecular weight excluding hydrogens is 309 g/mol. The lowest BCUT2D eigenvalue weighted by molar-refractivity contribution is 0.209. The van der Waals surface area contributed by atoms with Crippen LogP contribution < -0.4 is 4.74 Å². The van der Waals surface area contributed by atoms with Crippen molar-refractivity contribution in [2.45, 2.75) is 6.10 Å². The van der Waals surface area contributed by atoms with Crippen LogP contribution >= 0.6 is 23.2 Å². The van der Waals surface area contributed by atoms with Gasteiger partial charge in [-0.25, -0.2) is 8.78 Å². The summed E-state index contributed by atoms with van der Waals surface area (Å²) < 4.78 is 32.6. The molecule has 6 heteroatoms. The molecule has 0 spiro atoms. The summed E-state index contributed by atoms with van der Waals surface area (Å²) in [5, 5.41) is 10.4. The number of methoxy groups -OCH3 is 1. The largest absolute Gasteiger partial charge is 0.497 e. The Balaban J connectivity index is 2.57. The molecule has 20 heavy (non-hydrogen) atoms. The second-order valence-electron chi connectivity index (χ2n) is 4.04. The van der Waals surface area contributed by atoms with E-state index in [9.17, 15) is 13.9 Å². The van der Waals surface area contributed by atoms with Gasteiger partial charge in [0.15, 0.2) is 0 Å². The highest BCUT2D eigenvalue weighted by atomic mass is 35.5. The van der Waals surface area contributed by atoms with Crippen LogP contribution in [0.4, 0.5) is 8.78 Å². The van der Waals surface area contributed by atoms with Gasteiger partial charge in [0.1, 0.15) is 23.5 Å². The Morgan fingerprint density at radius 2 is 1.55 bits per heavy atom. The van der Waals surface area contributed by atoms with Crippen LogP contribution in [-0.4, -0.2) is 12.2 Å². The molecule has 0 aliphatic rings. The van der Waals surface area contributed by atoms with Gasteiger partial charge in [0.2, 0.25) is 0 Å². The number of hydrogen-bond donors (Lipinski definition) is 1. The molecule has 0 aromatic heterocycles. The summed E-state index contributed by atoms with van der Waals surface area (Å²) in [5.41, 5.74) is -0.473. The van der Waals surface area contributed by atoms with Gasteiger partial charge in [0, 0.05) is 27.7 Å². The third kappa shape index (κ3) is 2.73. The predicted molar refractivity (Wildman–Crippen MR) is 73.4 cm³/mol. The molecule has 0 saturated heterocycles. The van der Waals surface area contributed by atoms with Crippen molar-refractivity contribution in [1.29, 1.82) is 0 Å². The molecule has 2 nitrogen and oxygen atoms in total. The molecule has 0 radical (unpaired) electrons. The van der Waals surface area contributed by atoms with Gasteiger partial charge in [-0.3, -0.25) is 0 Å². The number of ether oxygens (including phenoxy) is 1. The summed E-state index contributed by atoms with van der Waals surface area (Å²) in [7, 11) is 1.29. The van der Waals surface area contributed by atoms with Crippen LogP contribution in [0, 0.1) is 11.6 Å². The Labute approximate surface area is 124 Å². The fraction of sp³-hybridized carbons (Fsp3) is 0.143. The van der Waals surface area contributed by atoms with Crippen molar-refractivity contribution >= 4 is 23.2 Å². The first kappa shape index (κ1) is 15.0. The molecule has 106 valence electrons. The molecule has 2 rings (SSSR count). The minimum absolute atomic E-state index is 0.0150. The maximum Gasteiger partial charge on any atom is 0.135 e. The van der Waals surface area contributed by atoms with E-state index in [1.165, 1.54) is 19.2 Å². The number of benzene rings is 2. The van der Waals surface area contributed by atoms with E-state index < -0.39 is 23.3 Å². The van der Waals surface area contributed by atoms with Crippen LogP contribution in [0.1, 0.15) is 17.2 Å². The fourth-order valence-electron chi connectivity index (χ4n) is 1.86. The number of aliphatic hydroxyl groups is 1. The third-order valence-electron chi connectivity index (χ3n) is 2.83. The zero-order valence-electron chi connectivity index (χ0n) is 10.3. The Hall–Kier alpha value is -1.36. The molecule has 0 aliphatic carbocycles. The lowest BCUT2D eigenvalue weighted by Crippen LogP contribution is -2.07. The minimum atomic E-state index is -1.61. The van der Waals surface area contributed by atoms with Gasteiger partial charge in [-0.2, -0.15) is 0 Å². The van der Waals surface area contributed by atoms with Crippen molar-refractivity contribution in [2.24, 2.45) is 0 Å². The van der Waals surface area contributed by atoms with Crippen LogP contribution in [-0.2, 0) is 0 Å². The van der Waals surface area contributed by atoms with Crippen molar-refractivity contribution in [3.8, 4) is 5.75 Å². The lowest BCUT2D eigenvalue weighted by Gasteiger charge is -2.17. The molecule has 0 saturated carbocycles. The highest BCUT2D eigenvalue weighted by Gasteiger charge is 2.24. The fourth-order valence-corrected chi connectivity index (χ4v) is 2.46. The van der Waals surface area contributed by atoms with Crippen molar-refractivity contribution < 1.29 is 18.6 Å². The van der Waals surface area contributed by atoms with E-state index in [0.717, 1.165) is 12.1 Å². The first-order valence-corrected chi connectivity index (χ1v) is 6.36. The Bertz CT molecular complexity index is 604. The summed E-state index contributed by atoms with van der Waals surface area (Å²) in [5.74, 6) is -1.86. The molecule has 1 atom stereocenters. The van der Waals surface area contributed by atoms with Crippen molar-refractivity contribution in [3.63, 3.8) is 0 Å². The molecule has 0 bridgehead atoms. The highest BCUT2D eigenvalue weighted by Crippen LogP contribution is 2.36. The second kappa shape index (κ2) is 5.95. The highest BCUT2D eigenvalue weighted by molar-refractivity contribution is 6.36. The summed E-state index contributed by atoms with van der Waals surface area (Å²) >= 11 is 11.8. The molecule has 2 aromatic carbocycles. The number of rotatable bonds is 3. The minimum Gasteiger partial charge on any atom is -0.497 e. The standard InChI is InChI=1S/C14H10Cl2F2O2/c1-20-7-5-10(17)13(11(18)6-7)14(19)12-8(15)3-2-4-9(12)16/h2-6,14,19H,1H3. The average Bonchev–Trinajstić information content (AvgIpc) is 2.37. The van der Waals surface area contributed by atoms with Gasteiger partial charge >= 0.3 is 0 Å². The molecule has 0 aliphatic heterocycles. The van der Waals surface area contributed by atoms with Crippen LogP contribution in [0.2, 0.25) is 10.0 Å². The zero-order valence-corrected chi connectivity index (χ0v) is 11.8. The maximum atomic E-state index is 13.9. The predicted octanol–water partition coefficient (Wildman–Crippen LogP) is 4.36. The Morgan fingerprint density at radius 1 is 1.05 bits per heavy atom. The number of halogens is 4. The van der Waals surface area contributed by atoms with Gasteiger partial charge in [-0.1, -0.05) is 29.3 Å². The van der Waals surface area contributed by atoms with E-state index in [0.29, 0.717) is 0 Å². The van der Waals surface area contributed by atoms with Crippen molar-refractivity contribution in [2.75, 3.05) is 7.11 Å². The Kier molecular flexibility index (Phi) is 4.48. The zero-order chi connectivity index (χ0) is 14.9. The van der Waals surface area contributed by atoms with E-state index in [-0.39, 0.29) is 21.4 Å². The summed E-state index contributed by atoms with van der Waals surface area (Å²) in [4.78, 5) is 0. The average molecular weight is 319 g/mol. The van der Waals surface area contributed by atoms with Crippen LogP contribution in [0.15, 0.2) is 30.3 Å². The Morgan fingerprint density at radius 3 is 2.00 bits per heavy atom. The van der Waals surface area contributed by atoms with Crippen molar-refractivity contribution in [3.05, 3.63) is 63.1 Å². The summed E-state index contributed by atoms with van der Waals surface area (Å²) in [6.45, 7) is 0. The molecular formula is C14H10Cl2F2O2. The maximum absolute atomic E-state index is 13.9. The van der Waals surface area contributed by atoms with Gasteiger partial charge in [0.05, 0.1) is 12.7 Å². The van der Waals surface area contributed by atoms with Crippen LogP contribution in [0.3, 0.4) is 0 Å². The van der Waals surface area contributed by atoms with Crippen molar-refractivity contribution in [1.82, 2.24) is 0 Å². The van der Waals surface area contributed by atoms with Gasteiger partial charge < -0.3 is 9.84 Å².